The van der Waals surface area contributed by atoms with E-state index in [0.29, 0.717) is 18.0 Å². The van der Waals surface area contributed by atoms with Gasteiger partial charge in [0, 0.05) is 23.9 Å². The zero-order chi connectivity index (χ0) is 15.2. The van der Waals surface area contributed by atoms with Gasteiger partial charge in [-0.1, -0.05) is 6.07 Å². The van der Waals surface area contributed by atoms with Crippen LogP contribution < -0.4 is 10.1 Å². The number of nitro benzene ring substituents is 1. The molecule has 6 nitrogen and oxygen atoms in total. The van der Waals surface area contributed by atoms with Crippen LogP contribution in [0.1, 0.15) is 12.5 Å². The Balaban J connectivity index is 2.29. The van der Waals surface area contributed by atoms with Gasteiger partial charge in [-0.05, 0) is 25.1 Å². The van der Waals surface area contributed by atoms with E-state index in [1.807, 2.05) is 31.2 Å². The van der Waals surface area contributed by atoms with Gasteiger partial charge in [0.2, 0.25) is 0 Å². The first-order valence-electron chi connectivity index (χ1n) is 6.32. The van der Waals surface area contributed by atoms with Crippen molar-refractivity contribution >= 4 is 17.1 Å². The number of non-ortho nitro benzene ring substituents is 1. The van der Waals surface area contributed by atoms with Crippen LogP contribution in [0.25, 0.3) is 0 Å². The summed E-state index contributed by atoms with van der Waals surface area (Å²) in [7, 11) is 0. The molecule has 0 saturated carbocycles. The SMILES string of the molecule is CCOc1cccc(Nc2ccc([N+](=O)[O-])cc2C#N)c1. The van der Waals surface area contributed by atoms with Gasteiger partial charge < -0.3 is 10.1 Å². The average molecular weight is 283 g/mol. The summed E-state index contributed by atoms with van der Waals surface area (Å²) < 4.78 is 5.40. The summed E-state index contributed by atoms with van der Waals surface area (Å²) in [5, 5.41) is 22.9. The molecule has 0 aliphatic heterocycles. The molecule has 1 N–H and O–H groups in total. The molecule has 21 heavy (non-hydrogen) atoms. The lowest BCUT2D eigenvalue weighted by atomic mass is 10.1. The third kappa shape index (κ3) is 3.48. The Bertz CT molecular complexity index is 708. The first kappa shape index (κ1) is 14.3. The molecule has 2 rings (SSSR count). The number of hydrogen-bond acceptors (Lipinski definition) is 5. The number of hydrogen-bond donors (Lipinski definition) is 1. The van der Waals surface area contributed by atoms with Crippen LogP contribution in [0.4, 0.5) is 17.1 Å². The lowest BCUT2D eigenvalue weighted by Crippen LogP contribution is -1.97. The van der Waals surface area contributed by atoms with Gasteiger partial charge in [-0.2, -0.15) is 5.26 Å². The molecule has 0 unspecified atom stereocenters. The Labute approximate surface area is 121 Å². The van der Waals surface area contributed by atoms with Crippen molar-refractivity contribution in [3.8, 4) is 11.8 Å². The van der Waals surface area contributed by atoms with Gasteiger partial charge in [-0.15, -0.1) is 0 Å². The van der Waals surface area contributed by atoms with Gasteiger partial charge in [0.25, 0.3) is 5.69 Å². The molecule has 0 radical (unpaired) electrons. The van der Waals surface area contributed by atoms with Crippen molar-refractivity contribution in [3.05, 3.63) is 58.1 Å². The highest BCUT2D eigenvalue weighted by molar-refractivity contribution is 5.69. The van der Waals surface area contributed by atoms with Crippen LogP contribution in [0, 0.1) is 21.4 Å². The lowest BCUT2D eigenvalue weighted by molar-refractivity contribution is -0.384. The number of ether oxygens (including phenoxy) is 1. The topological polar surface area (TPSA) is 88.2 Å². The maximum absolute atomic E-state index is 10.7. The summed E-state index contributed by atoms with van der Waals surface area (Å²) in [6.07, 6.45) is 0. The fourth-order valence-electron chi connectivity index (χ4n) is 1.83. The molecule has 0 bridgehead atoms. The summed E-state index contributed by atoms with van der Waals surface area (Å²) in [5.41, 5.74) is 1.36. The summed E-state index contributed by atoms with van der Waals surface area (Å²) in [6, 6.07) is 13.3. The minimum Gasteiger partial charge on any atom is -0.494 e. The van der Waals surface area contributed by atoms with Crippen LogP contribution in [-0.4, -0.2) is 11.5 Å². The fraction of sp³-hybridized carbons (Fsp3) is 0.133. The van der Waals surface area contributed by atoms with Crippen LogP contribution in [-0.2, 0) is 0 Å². The van der Waals surface area contributed by atoms with Gasteiger partial charge in [-0.3, -0.25) is 10.1 Å². The van der Waals surface area contributed by atoms with Gasteiger partial charge in [0.15, 0.2) is 0 Å². The Morgan fingerprint density at radius 2 is 2.14 bits per heavy atom. The van der Waals surface area contributed by atoms with Gasteiger partial charge >= 0.3 is 0 Å². The number of nitriles is 1. The lowest BCUT2D eigenvalue weighted by Gasteiger charge is -2.10. The van der Waals surface area contributed by atoms with Crippen LogP contribution >= 0.6 is 0 Å². The number of benzene rings is 2. The van der Waals surface area contributed by atoms with Gasteiger partial charge in [0.05, 0.1) is 22.8 Å². The second kappa shape index (κ2) is 6.39. The molecular weight excluding hydrogens is 270 g/mol. The van der Waals surface area contributed by atoms with Crippen LogP contribution in [0.15, 0.2) is 42.5 Å². The van der Waals surface area contributed by atoms with Crippen molar-refractivity contribution in [1.82, 2.24) is 0 Å². The van der Waals surface area contributed by atoms with Gasteiger partial charge in [-0.25, -0.2) is 0 Å². The fourth-order valence-corrected chi connectivity index (χ4v) is 1.83. The molecule has 0 spiro atoms. The van der Waals surface area contributed by atoms with Crippen molar-refractivity contribution in [2.45, 2.75) is 6.92 Å². The van der Waals surface area contributed by atoms with E-state index in [9.17, 15) is 10.1 Å². The highest BCUT2D eigenvalue weighted by Crippen LogP contribution is 2.26. The molecule has 0 atom stereocenters. The predicted octanol–water partition coefficient (Wildman–Crippen LogP) is 3.61. The van der Waals surface area contributed by atoms with Gasteiger partial charge in [0.1, 0.15) is 11.8 Å². The smallest absolute Gasteiger partial charge is 0.270 e. The van der Waals surface area contributed by atoms with E-state index in [1.165, 1.54) is 18.2 Å². The van der Waals surface area contributed by atoms with E-state index in [1.54, 1.807) is 6.07 Å². The standard InChI is InChI=1S/C15H13N3O3/c1-2-21-14-5-3-4-12(9-14)17-15-7-6-13(18(19)20)8-11(15)10-16/h3-9,17H,2H2,1H3. The molecule has 0 amide bonds. The summed E-state index contributed by atoms with van der Waals surface area (Å²) in [6.45, 7) is 2.45. The Morgan fingerprint density at radius 3 is 2.81 bits per heavy atom. The predicted molar refractivity (Wildman–Crippen MR) is 78.7 cm³/mol. The minimum absolute atomic E-state index is 0.111. The molecule has 0 aliphatic rings. The summed E-state index contributed by atoms with van der Waals surface area (Å²) >= 11 is 0. The van der Waals surface area contributed by atoms with E-state index in [4.69, 9.17) is 10.00 Å². The Kier molecular flexibility index (Phi) is 4.36. The van der Waals surface area contributed by atoms with Crippen LogP contribution in [0.3, 0.4) is 0 Å². The molecule has 0 fully saturated rings. The number of nitrogens with zero attached hydrogens (tertiary/aromatic N) is 2. The second-order valence-corrected chi connectivity index (χ2v) is 4.18. The molecule has 0 aliphatic carbocycles. The van der Waals surface area contributed by atoms with E-state index in [2.05, 4.69) is 5.32 Å². The quantitative estimate of drug-likeness (QED) is 0.669. The third-order valence-corrected chi connectivity index (χ3v) is 2.76. The molecule has 2 aromatic rings. The summed E-state index contributed by atoms with van der Waals surface area (Å²) in [4.78, 5) is 10.2. The average Bonchev–Trinajstić information content (AvgIpc) is 2.48. The van der Waals surface area contributed by atoms with Crippen molar-refractivity contribution in [1.29, 1.82) is 5.26 Å². The zero-order valence-electron chi connectivity index (χ0n) is 11.4. The second-order valence-electron chi connectivity index (χ2n) is 4.18. The number of nitro groups is 1. The van der Waals surface area contributed by atoms with Crippen molar-refractivity contribution in [3.63, 3.8) is 0 Å². The molecular formula is C15H13N3O3. The largest absolute Gasteiger partial charge is 0.494 e. The monoisotopic (exact) mass is 283 g/mol. The van der Waals surface area contributed by atoms with Crippen molar-refractivity contribution < 1.29 is 9.66 Å². The van der Waals surface area contributed by atoms with E-state index in [0.717, 1.165) is 5.69 Å². The highest BCUT2D eigenvalue weighted by atomic mass is 16.6. The third-order valence-electron chi connectivity index (χ3n) is 2.76. The molecule has 106 valence electrons. The summed E-state index contributed by atoms with van der Waals surface area (Å²) in [5.74, 6) is 0.711. The maximum atomic E-state index is 10.7. The first-order chi connectivity index (χ1) is 10.1. The molecule has 0 aromatic heterocycles. The normalized spacial score (nSPS) is 9.71. The highest BCUT2D eigenvalue weighted by Gasteiger charge is 2.10. The number of nitrogens with one attached hydrogen (secondary N) is 1. The number of anilines is 2. The maximum Gasteiger partial charge on any atom is 0.270 e. The van der Waals surface area contributed by atoms with Crippen molar-refractivity contribution in [2.75, 3.05) is 11.9 Å². The molecule has 6 heteroatoms. The van der Waals surface area contributed by atoms with Crippen LogP contribution in [0.5, 0.6) is 5.75 Å². The Hall–Kier alpha value is -3.07. The van der Waals surface area contributed by atoms with E-state index in [-0.39, 0.29) is 11.3 Å². The van der Waals surface area contributed by atoms with Crippen molar-refractivity contribution in [2.24, 2.45) is 0 Å². The zero-order valence-corrected chi connectivity index (χ0v) is 11.4. The molecule has 0 saturated heterocycles. The molecule has 0 heterocycles. The number of rotatable bonds is 5. The van der Waals surface area contributed by atoms with Crippen LogP contribution in [0.2, 0.25) is 0 Å². The Morgan fingerprint density at radius 1 is 1.33 bits per heavy atom. The van der Waals surface area contributed by atoms with E-state index >= 15 is 0 Å². The molecule has 2 aromatic carbocycles. The van der Waals surface area contributed by atoms with E-state index < -0.39 is 4.92 Å². The minimum atomic E-state index is -0.527. The first-order valence-corrected chi connectivity index (χ1v) is 6.32.